The molecule has 0 saturated carbocycles. The van der Waals surface area contributed by atoms with E-state index in [0.29, 0.717) is 22.5 Å². The molecule has 4 nitrogen and oxygen atoms in total. The Kier molecular flexibility index (Phi) is 2.17. The number of rotatable bonds is 1. The Hall–Kier alpha value is -2.28. The fourth-order valence-electron chi connectivity index (χ4n) is 1.83. The van der Waals surface area contributed by atoms with Crippen LogP contribution in [0.1, 0.15) is 22.5 Å². The maximum absolute atomic E-state index is 9.86. The molecule has 2 rings (SSSR count). The fraction of sp³-hybridized carbons (Fsp3) is 0.167. The molecule has 0 fully saturated rings. The molecule has 0 radical (unpaired) electrons. The lowest BCUT2D eigenvalue weighted by molar-refractivity contribution is 0.445. The van der Waals surface area contributed by atoms with Crippen molar-refractivity contribution in [2.24, 2.45) is 0 Å². The Labute approximate surface area is 93.1 Å². The van der Waals surface area contributed by atoms with Gasteiger partial charge in [-0.3, -0.25) is 4.40 Å². The molecule has 0 aliphatic heterocycles. The molecule has 0 aromatic carbocycles. The van der Waals surface area contributed by atoms with Crippen LogP contribution in [0, 0.1) is 25.2 Å². The Bertz CT molecular complexity index is 632. The molecule has 0 atom stereocenters. The van der Waals surface area contributed by atoms with Crippen LogP contribution >= 0.6 is 0 Å². The summed E-state index contributed by atoms with van der Waals surface area (Å²) in [6.07, 6.45) is 1.62. The van der Waals surface area contributed by atoms with Crippen LogP contribution < -0.4 is 0 Å². The lowest BCUT2D eigenvalue weighted by Crippen LogP contribution is -1.95. The number of hydrogen-bond donors (Lipinski definition) is 1. The maximum Gasteiger partial charge on any atom is 0.197 e. The second kappa shape index (κ2) is 3.38. The lowest BCUT2D eigenvalue weighted by atomic mass is 10.1. The van der Waals surface area contributed by atoms with E-state index in [2.05, 4.69) is 17.6 Å². The zero-order chi connectivity index (χ0) is 11.9. The predicted octanol–water partition coefficient (Wildman–Crippen LogP) is 2.17. The van der Waals surface area contributed by atoms with E-state index in [1.54, 1.807) is 19.1 Å². The molecular formula is C12H11N3O. The van der Waals surface area contributed by atoms with Crippen LogP contribution in [-0.4, -0.2) is 14.5 Å². The summed E-state index contributed by atoms with van der Waals surface area (Å²) in [4.78, 5) is 4.29. The van der Waals surface area contributed by atoms with Crippen LogP contribution in [0.25, 0.3) is 11.7 Å². The van der Waals surface area contributed by atoms with Crippen molar-refractivity contribution in [3.8, 4) is 11.9 Å². The minimum Gasteiger partial charge on any atom is -0.494 e. The Morgan fingerprint density at radius 1 is 1.56 bits per heavy atom. The van der Waals surface area contributed by atoms with E-state index >= 15 is 0 Å². The number of nitrogens with zero attached hydrogens (tertiary/aromatic N) is 3. The lowest BCUT2D eigenvalue weighted by Gasteiger charge is -2.04. The first kappa shape index (κ1) is 10.2. The van der Waals surface area contributed by atoms with Gasteiger partial charge >= 0.3 is 0 Å². The van der Waals surface area contributed by atoms with Crippen LogP contribution in [0.2, 0.25) is 0 Å². The van der Waals surface area contributed by atoms with Gasteiger partial charge in [-0.05, 0) is 25.5 Å². The summed E-state index contributed by atoms with van der Waals surface area (Å²) in [7, 11) is 0. The van der Waals surface area contributed by atoms with E-state index in [9.17, 15) is 5.11 Å². The summed E-state index contributed by atoms with van der Waals surface area (Å²) in [5.41, 5.74) is 3.13. The van der Waals surface area contributed by atoms with Crippen molar-refractivity contribution in [2.75, 3.05) is 0 Å². The standard InChI is InChI=1S/C12H11N3O/c1-4-10-8(3)14-12-9(6-13)7(2)5-11(16)15(10)12/h4-5,16H,1H2,2-3H3. The number of imidazole rings is 1. The largest absolute Gasteiger partial charge is 0.494 e. The summed E-state index contributed by atoms with van der Waals surface area (Å²) >= 11 is 0. The van der Waals surface area contributed by atoms with Crippen molar-refractivity contribution in [3.63, 3.8) is 0 Å². The summed E-state index contributed by atoms with van der Waals surface area (Å²) < 4.78 is 1.54. The summed E-state index contributed by atoms with van der Waals surface area (Å²) in [6.45, 7) is 7.27. The zero-order valence-electron chi connectivity index (χ0n) is 9.15. The maximum atomic E-state index is 9.86. The first-order valence-corrected chi connectivity index (χ1v) is 4.84. The second-order valence-corrected chi connectivity index (χ2v) is 3.62. The number of pyridine rings is 1. The fourth-order valence-corrected chi connectivity index (χ4v) is 1.83. The minimum absolute atomic E-state index is 0.0713. The van der Waals surface area contributed by atoms with E-state index in [-0.39, 0.29) is 5.88 Å². The third-order valence-electron chi connectivity index (χ3n) is 2.59. The van der Waals surface area contributed by atoms with Crippen molar-refractivity contribution >= 4 is 11.7 Å². The molecule has 4 heteroatoms. The van der Waals surface area contributed by atoms with Gasteiger partial charge in [0.25, 0.3) is 0 Å². The van der Waals surface area contributed by atoms with E-state index in [1.165, 1.54) is 4.40 Å². The topological polar surface area (TPSA) is 61.3 Å². The molecule has 0 aliphatic carbocycles. The summed E-state index contributed by atoms with van der Waals surface area (Å²) in [5.74, 6) is 0.0713. The Morgan fingerprint density at radius 3 is 2.81 bits per heavy atom. The number of fused-ring (bicyclic) bond motifs is 1. The van der Waals surface area contributed by atoms with Gasteiger partial charge in [0.2, 0.25) is 0 Å². The van der Waals surface area contributed by atoms with Gasteiger partial charge < -0.3 is 5.11 Å². The molecule has 0 saturated heterocycles. The molecular weight excluding hydrogens is 202 g/mol. The molecule has 2 aromatic heterocycles. The number of aromatic hydroxyl groups is 1. The number of nitriles is 1. The molecule has 0 aliphatic rings. The van der Waals surface area contributed by atoms with Gasteiger partial charge in [0.05, 0.1) is 17.0 Å². The van der Waals surface area contributed by atoms with E-state index < -0.39 is 0 Å². The molecule has 0 amide bonds. The highest BCUT2D eigenvalue weighted by atomic mass is 16.3. The van der Waals surface area contributed by atoms with Crippen molar-refractivity contribution in [1.82, 2.24) is 9.38 Å². The number of hydrogen-bond acceptors (Lipinski definition) is 3. The molecule has 2 heterocycles. The molecule has 1 N–H and O–H groups in total. The SMILES string of the molecule is C=Cc1c(C)nc2c(C#N)c(C)cc(O)n12. The van der Waals surface area contributed by atoms with E-state index in [1.807, 2.05) is 6.92 Å². The van der Waals surface area contributed by atoms with Gasteiger partial charge in [-0.15, -0.1) is 0 Å². The average Bonchev–Trinajstić information content (AvgIpc) is 2.55. The van der Waals surface area contributed by atoms with Crippen LogP contribution in [-0.2, 0) is 0 Å². The highest BCUT2D eigenvalue weighted by Gasteiger charge is 2.15. The van der Waals surface area contributed by atoms with Gasteiger partial charge in [0.15, 0.2) is 11.5 Å². The van der Waals surface area contributed by atoms with Crippen molar-refractivity contribution in [1.29, 1.82) is 5.26 Å². The molecule has 16 heavy (non-hydrogen) atoms. The minimum atomic E-state index is 0.0713. The van der Waals surface area contributed by atoms with Gasteiger partial charge in [0, 0.05) is 6.07 Å². The third-order valence-corrected chi connectivity index (χ3v) is 2.59. The first-order valence-electron chi connectivity index (χ1n) is 4.84. The summed E-state index contributed by atoms with van der Waals surface area (Å²) in [6, 6.07) is 3.66. The third kappa shape index (κ3) is 1.18. The van der Waals surface area contributed by atoms with E-state index in [0.717, 1.165) is 5.69 Å². The van der Waals surface area contributed by atoms with Gasteiger partial charge in [-0.2, -0.15) is 5.26 Å². The molecule has 0 spiro atoms. The predicted molar refractivity (Wildman–Crippen MR) is 61.1 cm³/mol. The molecule has 0 unspecified atom stereocenters. The molecule has 80 valence electrons. The monoisotopic (exact) mass is 213 g/mol. The molecule has 2 aromatic rings. The normalized spacial score (nSPS) is 10.3. The van der Waals surface area contributed by atoms with Crippen molar-refractivity contribution in [2.45, 2.75) is 13.8 Å². The van der Waals surface area contributed by atoms with Crippen molar-refractivity contribution < 1.29 is 5.11 Å². The van der Waals surface area contributed by atoms with Crippen LogP contribution in [0.15, 0.2) is 12.6 Å². The van der Waals surface area contributed by atoms with Crippen molar-refractivity contribution in [3.05, 3.63) is 35.2 Å². The summed E-state index contributed by atoms with van der Waals surface area (Å²) in [5, 5.41) is 18.9. The van der Waals surface area contributed by atoms with Crippen LogP contribution in [0.5, 0.6) is 5.88 Å². The second-order valence-electron chi connectivity index (χ2n) is 3.62. The highest BCUT2D eigenvalue weighted by Crippen LogP contribution is 2.25. The molecule has 0 bridgehead atoms. The smallest absolute Gasteiger partial charge is 0.197 e. The quantitative estimate of drug-likeness (QED) is 0.789. The highest BCUT2D eigenvalue weighted by molar-refractivity contribution is 5.66. The van der Waals surface area contributed by atoms with Gasteiger partial charge in [-0.25, -0.2) is 4.98 Å². The Balaban J connectivity index is 3.06. The van der Waals surface area contributed by atoms with Crippen LogP contribution in [0.4, 0.5) is 0 Å². The van der Waals surface area contributed by atoms with Gasteiger partial charge in [-0.1, -0.05) is 6.58 Å². The van der Waals surface area contributed by atoms with E-state index in [4.69, 9.17) is 5.26 Å². The first-order chi connectivity index (χ1) is 7.60. The van der Waals surface area contributed by atoms with Gasteiger partial charge in [0.1, 0.15) is 6.07 Å². The Morgan fingerprint density at radius 2 is 2.25 bits per heavy atom. The zero-order valence-corrected chi connectivity index (χ0v) is 9.15. The number of aryl methyl sites for hydroxylation is 2. The average molecular weight is 213 g/mol. The number of aromatic nitrogens is 2. The van der Waals surface area contributed by atoms with Crippen LogP contribution in [0.3, 0.4) is 0 Å².